The van der Waals surface area contributed by atoms with Gasteiger partial charge >= 0.3 is 0 Å². The van der Waals surface area contributed by atoms with Gasteiger partial charge in [-0.15, -0.1) is 0 Å². The number of benzene rings is 1. The molecule has 0 fully saturated rings. The second-order valence-corrected chi connectivity index (χ2v) is 3.86. The third kappa shape index (κ3) is 2.11. The number of hydrogen-bond donors (Lipinski definition) is 0. The zero-order valence-corrected chi connectivity index (χ0v) is 10.5. The van der Waals surface area contributed by atoms with Gasteiger partial charge < -0.3 is 9.47 Å². The molecule has 2 aromatic rings. The van der Waals surface area contributed by atoms with Gasteiger partial charge in [0.25, 0.3) is 0 Å². The standard InChI is InChI=1S/C13H16N2O2/c1-9-7-12(15(2)14-9)11-8-10(16-3)5-6-13(11)17-4/h5-8H,1-4H3. The van der Waals surface area contributed by atoms with E-state index in [0.29, 0.717) is 0 Å². The minimum atomic E-state index is 0.805. The second kappa shape index (κ2) is 4.49. The van der Waals surface area contributed by atoms with Crippen molar-refractivity contribution in [3.05, 3.63) is 30.0 Å². The minimum absolute atomic E-state index is 0.805. The predicted octanol–water partition coefficient (Wildman–Crippen LogP) is 2.41. The zero-order valence-electron chi connectivity index (χ0n) is 10.5. The van der Waals surface area contributed by atoms with Crippen molar-refractivity contribution in [2.75, 3.05) is 14.2 Å². The van der Waals surface area contributed by atoms with Crippen molar-refractivity contribution in [2.45, 2.75) is 6.92 Å². The molecular weight excluding hydrogens is 216 g/mol. The second-order valence-electron chi connectivity index (χ2n) is 3.86. The maximum absolute atomic E-state index is 5.37. The van der Waals surface area contributed by atoms with E-state index in [1.807, 2.05) is 42.9 Å². The molecule has 0 saturated carbocycles. The van der Waals surface area contributed by atoms with Gasteiger partial charge in [-0.1, -0.05) is 0 Å². The summed E-state index contributed by atoms with van der Waals surface area (Å²) < 4.78 is 12.4. The molecule has 0 bridgehead atoms. The van der Waals surface area contributed by atoms with Crippen molar-refractivity contribution in [2.24, 2.45) is 7.05 Å². The van der Waals surface area contributed by atoms with E-state index >= 15 is 0 Å². The average molecular weight is 232 g/mol. The highest BCUT2D eigenvalue weighted by Crippen LogP contribution is 2.33. The summed E-state index contributed by atoms with van der Waals surface area (Å²) in [5, 5.41) is 4.34. The van der Waals surface area contributed by atoms with Gasteiger partial charge in [0.1, 0.15) is 11.5 Å². The van der Waals surface area contributed by atoms with E-state index in [0.717, 1.165) is 28.5 Å². The first-order valence-corrected chi connectivity index (χ1v) is 5.38. The van der Waals surface area contributed by atoms with Crippen molar-refractivity contribution in [3.63, 3.8) is 0 Å². The van der Waals surface area contributed by atoms with Crippen LogP contribution < -0.4 is 9.47 Å². The molecule has 4 heteroatoms. The van der Waals surface area contributed by atoms with Gasteiger partial charge in [0, 0.05) is 12.6 Å². The Kier molecular flexibility index (Phi) is 3.04. The lowest BCUT2D eigenvalue weighted by Gasteiger charge is -2.10. The largest absolute Gasteiger partial charge is 0.497 e. The number of nitrogens with zero attached hydrogens (tertiary/aromatic N) is 2. The van der Waals surface area contributed by atoms with Gasteiger partial charge in [0.05, 0.1) is 25.6 Å². The molecule has 17 heavy (non-hydrogen) atoms. The molecule has 0 aliphatic rings. The van der Waals surface area contributed by atoms with Crippen LogP contribution in [0.25, 0.3) is 11.3 Å². The van der Waals surface area contributed by atoms with E-state index in [-0.39, 0.29) is 0 Å². The number of aryl methyl sites for hydroxylation is 2. The Balaban J connectivity index is 2.59. The summed E-state index contributed by atoms with van der Waals surface area (Å²) in [6.45, 7) is 1.97. The summed E-state index contributed by atoms with van der Waals surface area (Å²) in [7, 11) is 5.23. The third-order valence-electron chi connectivity index (χ3n) is 2.68. The van der Waals surface area contributed by atoms with Crippen LogP contribution in [0, 0.1) is 6.92 Å². The van der Waals surface area contributed by atoms with Crippen LogP contribution in [0.15, 0.2) is 24.3 Å². The summed E-state index contributed by atoms with van der Waals surface area (Å²) in [6, 6.07) is 7.76. The predicted molar refractivity (Wildman–Crippen MR) is 66.5 cm³/mol. The number of rotatable bonds is 3. The van der Waals surface area contributed by atoms with Crippen LogP contribution >= 0.6 is 0 Å². The van der Waals surface area contributed by atoms with Gasteiger partial charge in [-0.3, -0.25) is 4.68 Å². The molecule has 0 unspecified atom stereocenters. The molecule has 0 saturated heterocycles. The van der Waals surface area contributed by atoms with Gasteiger partial charge in [-0.2, -0.15) is 5.10 Å². The fourth-order valence-corrected chi connectivity index (χ4v) is 1.88. The van der Waals surface area contributed by atoms with Crippen molar-refractivity contribution in [3.8, 4) is 22.8 Å². The first-order valence-electron chi connectivity index (χ1n) is 5.38. The van der Waals surface area contributed by atoms with E-state index in [9.17, 15) is 0 Å². The van der Waals surface area contributed by atoms with Gasteiger partial charge in [-0.05, 0) is 31.2 Å². The Morgan fingerprint density at radius 1 is 1.12 bits per heavy atom. The lowest BCUT2D eigenvalue weighted by Crippen LogP contribution is -1.96. The van der Waals surface area contributed by atoms with Crippen LogP contribution in [0.5, 0.6) is 11.5 Å². The molecule has 0 radical (unpaired) electrons. The molecule has 4 nitrogen and oxygen atoms in total. The Labute approximate surface area is 101 Å². The highest BCUT2D eigenvalue weighted by molar-refractivity contribution is 5.69. The van der Waals surface area contributed by atoms with Crippen molar-refractivity contribution < 1.29 is 9.47 Å². The van der Waals surface area contributed by atoms with Crippen LogP contribution in [-0.2, 0) is 7.05 Å². The molecule has 90 valence electrons. The topological polar surface area (TPSA) is 36.3 Å². The highest BCUT2D eigenvalue weighted by Gasteiger charge is 2.11. The quantitative estimate of drug-likeness (QED) is 0.815. The van der Waals surface area contributed by atoms with E-state index in [1.54, 1.807) is 14.2 Å². The van der Waals surface area contributed by atoms with Gasteiger partial charge in [-0.25, -0.2) is 0 Å². The van der Waals surface area contributed by atoms with E-state index in [2.05, 4.69) is 5.10 Å². The van der Waals surface area contributed by atoms with Gasteiger partial charge in [0.15, 0.2) is 0 Å². The molecule has 1 heterocycles. The maximum Gasteiger partial charge on any atom is 0.128 e. The first kappa shape index (κ1) is 11.5. The summed E-state index contributed by atoms with van der Waals surface area (Å²) in [5.41, 5.74) is 2.97. The monoisotopic (exact) mass is 232 g/mol. The van der Waals surface area contributed by atoms with Crippen molar-refractivity contribution in [1.82, 2.24) is 9.78 Å². The van der Waals surface area contributed by atoms with Crippen LogP contribution in [0.3, 0.4) is 0 Å². The van der Waals surface area contributed by atoms with Crippen LogP contribution in [-0.4, -0.2) is 24.0 Å². The minimum Gasteiger partial charge on any atom is -0.497 e. The molecule has 0 amide bonds. The van der Waals surface area contributed by atoms with Crippen molar-refractivity contribution in [1.29, 1.82) is 0 Å². The molecule has 0 aliphatic carbocycles. The fourth-order valence-electron chi connectivity index (χ4n) is 1.88. The molecule has 0 N–H and O–H groups in total. The molecule has 1 aromatic carbocycles. The highest BCUT2D eigenvalue weighted by atomic mass is 16.5. The van der Waals surface area contributed by atoms with E-state index < -0.39 is 0 Å². The molecule has 2 rings (SSSR count). The Morgan fingerprint density at radius 2 is 1.88 bits per heavy atom. The number of aromatic nitrogens is 2. The first-order chi connectivity index (χ1) is 8.15. The summed E-state index contributed by atoms with van der Waals surface area (Å²) in [5.74, 6) is 1.62. The zero-order chi connectivity index (χ0) is 12.4. The summed E-state index contributed by atoms with van der Waals surface area (Å²) >= 11 is 0. The summed E-state index contributed by atoms with van der Waals surface area (Å²) in [6.07, 6.45) is 0. The maximum atomic E-state index is 5.37. The van der Waals surface area contributed by atoms with E-state index in [1.165, 1.54) is 0 Å². The molecule has 0 spiro atoms. The number of methoxy groups -OCH3 is 2. The van der Waals surface area contributed by atoms with Crippen LogP contribution in [0.4, 0.5) is 0 Å². The molecular formula is C13H16N2O2. The molecule has 1 aromatic heterocycles. The lowest BCUT2D eigenvalue weighted by molar-refractivity contribution is 0.404. The number of hydrogen-bond acceptors (Lipinski definition) is 3. The fraction of sp³-hybridized carbons (Fsp3) is 0.308. The Hall–Kier alpha value is -1.97. The van der Waals surface area contributed by atoms with Crippen LogP contribution in [0.2, 0.25) is 0 Å². The summed E-state index contributed by atoms with van der Waals surface area (Å²) in [4.78, 5) is 0. The van der Waals surface area contributed by atoms with Crippen LogP contribution in [0.1, 0.15) is 5.69 Å². The van der Waals surface area contributed by atoms with Crippen molar-refractivity contribution >= 4 is 0 Å². The Morgan fingerprint density at radius 3 is 2.41 bits per heavy atom. The normalized spacial score (nSPS) is 10.4. The number of ether oxygens (including phenoxy) is 2. The Bertz CT molecular complexity index is 532. The smallest absolute Gasteiger partial charge is 0.128 e. The average Bonchev–Trinajstić information content (AvgIpc) is 2.67. The SMILES string of the molecule is COc1ccc(OC)c(-c2cc(C)nn2C)c1. The van der Waals surface area contributed by atoms with E-state index in [4.69, 9.17) is 9.47 Å². The van der Waals surface area contributed by atoms with Gasteiger partial charge in [0.2, 0.25) is 0 Å². The molecule has 0 aliphatic heterocycles. The molecule has 0 atom stereocenters. The lowest BCUT2D eigenvalue weighted by atomic mass is 10.1. The third-order valence-corrected chi connectivity index (χ3v) is 2.68.